The van der Waals surface area contributed by atoms with Crippen molar-refractivity contribution >= 4 is 8.32 Å². The molecule has 0 N–H and O–H groups in total. The first-order valence-electron chi connectivity index (χ1n) is 8.87. The molecule has 134 valence electrons. The molecule has 0 spiro atoms. The van der Waals surface area contributed by atoms with Crippen LogP contribution in [0.4, 0.5) is 0 Å². The summed E-state index contributed by atoms with van der Waals surface area (Å²) in [6.07, 6.45) is 0.560. The molecular formula is C19H30O4Si. The summed E-state index contributed by atoms with van der Waals surface area (Å²) >= 11 is 0. The van der Waals surface area contributed by atoms with E-state index in [1.165, 1.54) is 5.56 Å². The van der Waals surface area contributed by atoms with Gasteiger partial charge in [0, 0.05) is 6.42 Å². The molecule has 24 heavy (non-hydrogen) atoms. The Morgan fingerprint density at radius 1 is 1.17 bits per heavy atom. The van der Waals surface area contributed by atoms with Gasteiger partial charge in [0.25, 0.3) is 0 Å². The van der Waals surface area contributed by atoms with Gasteiger partial charge in [0.05, 0.1) is 19.3 Å². The highest BCUT2D eigenvalue weighted by Crippen LogP contribution is 2.41. The molecule has 0 aromatic heterocycles. The summed E-state index contributed by atoms with van der Waals surface area (Å²) < 4.78 is 24.6. The highest BCUT2D eigenvalue weighted by molar-refractivity contribution is 6.74. The number of fused-ring (bicyclic) bond motifs is 2. The van der Waals surface area contributed by atoms with Crippen LogP contribution in [0.15, 0.2) is 30.3 Å². The first-order valence-corrected chi connectivity index (χ1v) is 11.8. The standard InChI is InChI=1S/C19H30O4Si/c1-19(2,3)24(4,5)23-15-11-17-20-13-16(22-17)18(15)21-12-14-9-7-6-8-10-14/h6-10,15-18H,11-13H2,1-5H3/t15-,16-,17-,18+/m1/s1. The van der Waals surface area contributed by atoms with Crippen LogP contribution in [0.2, 0.25) is 18.1 Å². The average molecular weight is 351 g/mol. The fourth-order valence-electron chi connectivity index (χ4n) is 2.99. The lowest BCUT2D eigenvalue weighted by Gasteiger charge is -2.43. The lowest BCUT2D eigenvalue weighted by molar-refractivity contribution is -0.181. The number of hydrogen-bond acceptors (Lipinski definition) is 4. The van der Waals surface area contributed by atoms with Crippen LogP contribution in [0.25, 0.3) is 0 Å². The second-order valence-electron chi connectivity index (χ2n) is 8.35. The van der Waals surface area contributed by atoms with E-state index in [2.05, 4.69) is 46.0 Å². The summed E-state index contributed by atoms with van der Waals surface area (Å²) in [6, 6.07) is 10.3. The van der Waals surface area contributed by atoms with E-state index in [1.54, 1.807) is 0 Å². The highest BCUT2D eigenvalue weighted by Gasteiger charge is 2.49. The molecule has 2 aliphatic heterocycles. The largest absolute Gasteiger partial charge is 0.411 e. The van der Waals surface area contributed by atoms with E-state index in [4.69, 9.17) is 18.6 Å². The average Bonchev–Trinajstić information content (AvgIpc) is 2.89. The number of benzene rings is 1. The Balaban J connectivity index is 1.70. The van der Waals surface area contributed by atoms with Gasteiger partial charge in [-0.2, -0.15) is 0 Å². The van der Waals surface area contributed by atoms with Gasteiger partial charge in [0.2, 0.25) is 0 Å². The zero-order valence-electron chi connectivity index (χ0n) is 15.5. The normalized spacial score (nSPS) is 30.5. The van der Waals surface area contributed by atoms with Crippen LogP contribution >= 0.6 is 0 Å². The van der Waals surface area contributed by atoms with Gasteiger partial charge in [-0.1, -0.05) is 51.1 Å². The van der Waals surface area contributed by atoms with Crippen LogP contribution < -0.4 is 0 Å². The summed E-state index contributed by atoms with van der Waals surface area (Å²) in [7, 11) is -1.86. The van der Waals surface area contributed by atoms with Crippen molar-refractivity contribution in [2.45, 2.75) is 76.5 Å². The third kappa shape index (κ3) is 3.91. The lowest BCUT2D eigenvalue weighted by atomic mass is 10.0. The van der Waals surface area contributed by atoms with E-state index in [0.29, 0.717) is 13.2 Å². The predicted molar refractivity (Wildman–Crippen MR) is 96.3 cm³/mol. The van der Waals surface area contributed by atoms with E-state index < -0.39 is 8.32 Å². The molecule has 4 atom stereocenters. The third-order valence-electron chi connectivity index (χ3n) is 5.47. The first-order chi connectivity index (χ1) is 11.3. The maximum Gasteiger partial charge on any atom is 0.192 e. The van der Waals surface area contributed by atoms with Crippen molar-refractivity contribution in [3.05, 3.63) is 35.9 Å². The molecule has 0 unspecified atom stereocenters. The van der Waals surface area contributed by atoms with E-state index in [9.17, 15) is 0 Å². The Kier molecular flexibility index (Phi) is 5.19. The molecule has 0 radical (unpaired) electrons. The Hall–Kier alpha value is -0.723. The Morgan fingerprint density at radius 2 is 1.88 bits per heavy atom. The van der Waals surface area contributed by atoms with Crippen molar-refractivity contribution in [2.75, 3.05) is 6.61 Å². The van der Waals surface area contributed by atoms with Crippen molar-refractivity contribution in [3.63, 3.8) is 0 Å². The van der Waals surface area contributed by atoms with Crippen LogP contribution in [-0.4, -0.2) is 39.5 Å². The molecule has 3 rings (SSSR count). The van der Waals surface area contributed by atoms with Crippen LogP contribution in [0.3, 0.4) is 0 Å². The predicted octanol–water partition coefficient (Wildman–Crippen LogP) is 4.11. The van der Waals surface area contributed by atoms with E-state index in [1.807, 2.05) is 18.2 Å². The van der Waals surface area contributed by atoms with Gasteiger partial charge >= 0.3 is 0 Å². The maximum absolute atomic E-state index is 6.68. The molecule has 1 aromatic rings. The lowest BCUT2D eigenvalue weighted by Crippen LogP contribution is -2.53. The summed E-state index contributed by atoms with van der Waals surface area (Å²) in [5.74, 6) is 0. The summed E-state index contributed by atoms with van der Waals surface area (Å²) in [5, 5.41) is 0.176. The van der Waals surface area contributed by atoms with Gasteiger partial charge in [-0.25, -0.2) is 0 Å². The minimum absolute atomic E-state index is 0.0257. The van der Waals surface area contributed by atoms with Gasteiger partial charge in [-0.15, -0.1) is 0 Å². The topological polar surface area (TPSA) is 36.9 Å². The fourth-order valence-corrected chi connectivity index (χ4v) is 4.33. The Bertz CT molecular complexity index is 540. The molecule has 2 fully saturated rings. The van der Waals surface area contributed by atoms with Crippen LogP contribution in [-0.2, 0) is 25.2 Å². The third-order valence-corrected chi connectivity index (χ3v) is 9.97. The summed E-state index contributed by atoms with van der Waals surface area (Å²) in [6.45, 7) is 12.6. The first kappa shape index (κ1) is 18.1. The van der Waals surface area contributed by atoms with E-state index in [-0.39, 0.29) is 29.6 Å². The van der Waals surface area contributed by atoms with Crippen LogP contribution in [0.1, 0.15) is 32.8 Å². The van der Waals surface area contributed by atoms with Crippen molar-refractivity contribution < 1.29 is 18.6 Å². The van der Waals surface area contributed by atoms with E-state index >= 15 is 0 Å². The molecule has 2 heterocycles. The molecule has 2 aliphatic rings. The molecular weight excluding hydrogens is 320 g/mol. The van der Waals surface area contributed by atoms with Crippen molar-refractivity contribution in [1.82, 2.24) is 0 Å². The van der Waals surface area contributed by atoms with E-state index in [0.717, 1.165) is 6.42 Å². The SMILES string of the molecule is CC(C)(C)[Si](C)(C)O[C@@H]1C[C@@H]2OC[C@@H](O2)[C@H]1OCc1ccccc1. The van der Waals surface area contributed by atoms with Crippen LogP contribution in [0.5, 0.6) is 0 Å². The molecule has 2 bridgehead atoms. The van der Waals surface area contributed by atoms with Crippen molar-refractivity contribution in [2.24, 2.45) is 0 Å². The summed E-state index contributed by atoms with van der Waals surface area (Å²) in [4.78, 5) is 0. The zero-order chi connectivity index (χ0) is 17.4. The fraction of sp³-hybridized carbons (Fsp3) is 0.684. The molecule has 0 saturated carbocycles. The van der Waals surface area contributed by atoms with Gasteiger partial charge in [0.1, 0.15) is 12.2 Å². The minimum atomic E-state index is -1.86. The van der Waals surface area contributed by atoms with Gasteiger partial charge in [-0.05, 0) is 23.7 Å². The molecule has 0 aliphatic carbocycles. The number of hydrogen-bond donors (Lipinski definition) is 0. The summed E-state index contributed by atoms with van der Waals surface area (Å²) in [5.41, 5.74) is 1.17. The van der Waals surface area contributed by atoms with Crippen LogP contribution in [0, 0.1) is 0 Å². The maximum atomic E-state index is 6.68. The Morgan fingerprint density at radius 3 is 2.54 bits per heavy atom. The second kappa shape index (κ2) is 6.88. The molecule has 4 nitrogen and oxygen atoms in total. The molecule has 1 aromatic carbocycles. The quantitative estimate of drug-likeness (QED) is 0.749. The highest BCUT2D eigenvalue weighted by atomic mass is 28.4. The van der Waals surface area contributed by atoms with Crippen molar-refractivity contribution in [1.29, 1.82) is 0 Å². The second-order valence-corrected chi connectivity index (χ2v) is 13.1. The zero-order valence-corrected chi connectivity index (χ0v) is 16.5. The minimum Gasteiger partial charge on any atom is -0.411 e. The number of rotatable bonds is 5. The Labute approximate surface area is 146 Å². The van der Waals surface area contributed by atoms with Gasteiger partial charge in [0.15, 0.2) is 14.6 Å². The number of ether oxygens (including phenoxy) is 3. The van der Waals surface area contributed by atoms with Gasteiger partial charge < -0.3 is 18.6 Å². The molecule has 5 heteroatoms. The van der Waals surface area contributed by atoms with Crippen molar-refractivity contribution in [3.8, 4) is 0 Å². The molecule has 2 saturated heterocycles. The monoisotopic (exact) mass is 350 g/mol. The smallest absolute Gasteiger partial charge is 0.192 e. The molecule has 0 amide bonds. The van der Waals surface area contributed by atoms with Gasteiger partial charge in [-0.3, -0.25) is 0 Å².